The summed E-state index contributed by atoms with van der Waals surface area (Å²) < 4.78 is 11.8. The van der Waals surface area contributed by atoms with E-state index in [-0.39, 0.29) is 17.9 Å². The Labute approximate surface area is 181 Å². The van der Waals surface area contributed by atoms with Gasteiger partial charge in [0.15, 0.2) is 0 Å². The fraction of sp³-hybridized carbons (Fsp3) is 0.417. The molecule has 162 valence electrons. The predicted octanol–water partition coefficient (Wildman–Crippen LogP) is 4.19. The number of likely N-dealkylation sites (tertiary alicyclic amines) is 1. The predicted molar refractivity (Wildman–Crippen MR) is 116 cm³/mol. The van der Waals surface area contributed by atoms with Gasteiger partial charge in [-0.25, -0.2) is 9.80 Å². The number of hydrogen-bond donors (Lipinski definition) is 1. The summed E-state index contributed by atoms with van der Waals surface area (Å²) in [6.07, 6.45) is 1.68. The molecular formula is C24H27N3O4. The first-order valence-electron chi connectivity index (χ1n) is 10.9. The Morgan fingerprint density at radius 3 is 2.81 bits per heavy atom. The van der Waals surface area contributed by atoms with Gasteiger partial charge in [-0.15, -0.1) is 0 Å². The number of ether oxygens (including phenoxy) is 2. The number of carbonyl (C=O) groups is 1. The molecule has 31 heavy (non-hydrogen) atoms. The van der Waals surface area contributed by atoms with Crippen LogP contribution < -0.4 is 4.74 Å². The fourth-order valence-corrected chi connectivity index (χ4v) is 4.86. The third-order valence-corrected chi connectivity index (χ3v) is 6.44. The molecule has 0 radical (unpaired) electrons. The molecule has 3 heterocycles. The zero-order chi connectivity index (χ0) is 21.6. The zero-order valence-electron chi connectivity index (χ0n) is 17.9. The summed E-state index contributed by atoms with van der Waals surface area (Å²) in [5, 5.41) is 17.6. The number of benzene rings is 2. The summed E-state index contributed by atoms with van der Waals surface area (Å²) in [5.74, 6) is 1.11. The lowest BCUT2D eigenvalue weighted by atomic mass is 9.90. The molecule has 3 aliphatic heterocycles. The zero-order valence-corrected chi connectivity index (χ0v) is 17.9. The third-order valence-electron chi connectivity index (χ3n) is 6.44. The summed E-state index contributed by atoms with van der Waals surface area (Å²) in [6.45, 7) is 5.29. The summed E-state index contributed by atoms with van der Waals surface area (Å²) in [5.41, 5.74) is 3.19. The fourth-order valence-electron chi connectivity index (χ4n) is 4.86. The Bertz CT molecular complexity index is 1040. The molecule has 0 aliphatic carbocycles. The van der Waals surface area contributed by atoms with Gasteiger partial charge in [0.25, 0.3) is 0 Å². The van der Waals surface area contributed by atoms with Gasteiger partial charge < -0.3 is 19.5 Å². The number of hydrogen-bond acceptors (Lipinski definition) is 6. The SMILES string of the molecule is CCOC(=O)N1CCC2(CC1)Oc1ccccc1[C@@H]1CC(c3cc(C)ccc3O)=NN12. The van der Waals surface area contributed by atoms with Crippen LogP contribution in [0, 0.1) is 6.92 Å². The molecule has 2 aromatic rings. The Balaban J connectivity index is 1.50. The van der Waals surface area contributed by atoms with Crippen molar-refractivity contribution in [3.05, 3.63) is 59.2 Å². The Morgan fingerprint density at radius 2 is 2.03 bits per heavy atom. The molecule has 7 nitrogen and oxygen atoms in total. The highest BCUT2D eigenvalue weighted by Gasteiger charge is 2.52. The molecule has 3 aliphatic rings. The highest BCUT2D eigenvalue weighted by molar-refractivity contribution is 6.04. The molecule has 1 amide bonds. The summed E-state index contributed by atoms with van der Waals surface area (Å²) >= 11 is 0. The Kier molecular flexibility index (Phi) is 4.76. The number of rotatable bonds is 2. The maximum Gasteiger partial charge on any atom is 0.409 e. The molecular weight excluding hydrogens is 394 g/mol. The van der Waals surface area contributed by atoms with Crippen molar-refractivity contribution < 1.29 is 19.4 Å². The van der Waals surface area contributed by atoms with Crippen LogP contribution in [0.5, 0.6) is 11.5 Å². The molecule has 1 N–H and O–H groups in total. The first-order valence-corrected chi connectivity index (χ1v) is 10.9. The van der Waals surface area contributed by atoms with E-state index in [0.717, 1.165) is 28.2 Å². The van der Waals surface area contributed by atoms with Crippen LogP contribution in [0.25, 0.3) is 0 Å². The van der Waals surface area contributed by atoms with E-state index >= 15 is 0 Å². The number of fused-ring (bicyclic) bond motifs is 4. The number of hydrazone groups is 1. The van der Waals surface area contributed by atoms with Crippen molar-refractivity contribution in [2.45, 2.75) is 44.9 Å². The number of carbonyl (C=O) groups excluding carboxylic acids is 1. The van der Waals surface area contributed by atoms with Crippen LogP contribution >= 0.6 is 0 Å². The lowest BCUT2D eigenvalue weighted by Crippen LogP contribution is -2.59. The number of amides is 1. The normalized spacial score (nSPS) is 21.2. The molecule has 1 fully saturated rings. The molecule has 1 atom stereocenters. The number of piperidine rings is 1. The quantitative estimate of drug-likeness (QED) is 0.787. The second-order valence-corrected chi connectivity index (χ2v) is 8.40. The average Bonchev–Trinajstić information content (AvgIpc) is 3.23. The van der Waals surface area contributed by atoms with Crippen molar-refractivity contribution in [2.75, 3.05) is 19.7 Å². The molecule has 2 aromatic carbocycles. The third kappa shape index (κ3) is 3.28. The van der Waals surface area contributed by atoms with E-state index in [1.807, 2.05) is 44.2 Å². The highest BCUT2D eigenvalue weighted by atomic mass is 16.6. The van der Waals surface area contributed by atoms with Crippen LogP contribution in [-0.4, -0.2) is 52.2 Å². The summed E-state index contributed by atoms with van der Waals surface area (Å²) in [4.78, 5) is 13.9. The van der Waals surface area contributed by atoms with E-state index in [0.29, 0.717) is 39.0 Å². The molecule has 0 saturated carbocycles. The van der Waals surface area contributed by atoms with Gasteiger partial charge in [0.1, 0.15) is 11.5 Å². The van der Waals surface area contributed by atoms with Crippen molar-refractivity contribution in [3.8, 4) is 11.5 Å². The maximum absolute atomic E-state index is 12.2. The maximum atomic E-state index is 12.2. The number of phenols is 1. The van der Waals surface area contributed by atoms with Crippen LogP contribution in [-0.2, 0) is 4.74 Å². The van der Waals surface area contributed by atoms with Crippen LogP contribution in [0.3, 0.4) is 0 Å². The molecule has 5 rings (SSSR count). The van der Waals surface area contributed by atoms with Gasteiger partial charge in [-0.1, -0.05) is 29.8 Å². The van der Waals surface area contributed by atoms with Gasteiger partial charge in [0, 0.05) is 43.5 Å². The smallest absolute Gasteiger partial charge is 0.409 e. The number of aromatic hydroxyl groups is 1. The minimum atomic E-state index is -0.622. The first kappa shape index (κ1) is 19.7. The second-order valence-electron chi connectivity index (χ2n) is 8.40. The van der Waals surface area contributed by atoms with Gasteiger partial charge in [0.2, 0.25) is 5.72 Å². The van der Waals surface area contributed by atoms with E-state index in [4.69, 9.17) is 14.6 Å². The van der Waals surface area contributed by atoms with Gasteiger partial charge in [-0.3, -0.25) is 0 Å². The lowest BCUT2D eigenvalue weighted by molar-refractivity contribution is -0.147. The van der Waals surface area contributed by atoms with Crippen LogP contribution in [0.2, 0.25) is 0 Å². The number of para-hydroxylation sites is 1. The molecule has 7 heteroatoms. The van der Waals surface area contributed by atoms with E-state index in [9.17, 15) is 9.90 Å². The van der Waals surface area contributed by atoms with E-state index in [2.05, 4.69) is 11.1 Å². The molecule has 1 saturated heterocycles. The number of nitrogens with zero attached hydrogens (tertiary/aromatic N) is 3. The van der Waals surface area contributed by atoms with Gasteiger partial charge >= 0.3 is 6.09 Å². The number of aryl methyl sites for hydroxylation is 1. The van der Waals surface area contributed by atoms with Gasteiger partial charge in [-0.05, 0) is 32.0 Å². The lowest BCUT2D eigenvalue weighted by Gasteiger charge is -2.50. The van der Waals surface area contributed by atoms with E-state index in [1.165, 1.54) is 0 Å². The summed E-state index contributed by atoms with van der Waals surface area (Å²) in [7, 11) is 0. The number of phenolic OH excluding ortho intramolecular Hbond substituents is 1. The van der Waals surface area contributed by atoms with Crippen LogP contribution in [0.1, 0.15) is 48.9 Å². The summed E-state index contributed by atoms with van der Waals surface area (Å²) in [6, 6.07) is 13.7. The van der Waals surface area contributed by atoms with Crippen molar-refractivity contribution in [3.63, 3.8) is 0 Å². The molecule has 0 bridgehead atoms. The molecule has 0 unspecified atom stereocenters. The van der Waals surface area contributed by atoms with Crippen molar-refractivity contribution in [2.24, 2.45) is 5.10 Å². The van der Waals surface area contributed by atoms with Crippen LogP contribution in [0.4, 0.5) is 4.79 Å². The minimum absolute atomic E-state index is 0.0361. The Morgan fingerprint density at radius 1 is 1.26 bits per heavy atom. The van der Waals surface area contributed by atoms with Gasteiger partial charge in [-0.2, -0.15) is 5.10 Å². The monoisotopic (exact) mass is 421 g/mol. The standard InChI is InChI=1S/C24H27N3O4/c1-3-30-23(29)26-12-10-24(11-13-26)27-20(17-6-4-5-7-22(17)31-24)15-19(25-27)18-14-16(2)8-9-21(18)28/h4-9,14,20,28H,3,10-13,15H2,1-2H3/t20-/m0/s1. The highest BCUT2D eigenvalue weighted by Crippen LogP contribution is 2.50. The second kappa shape index (κ2) is 7.48. The van der Waals surface area contributed by atoms with Crippen molar-refractivity contribution in [1.29, 1.82) is 0 Å². The van der Waals surface area contributed by atoms with E-state index < -0.39 is 5.72 Å². The Hall–Kier alpha value is -3.22. The largest absolute Gasteiger partial charge is 0.507 e. The van der Waals surface area contributed by atoms with Crippen LogP contribution in [0.15, 0.2) is 47.6 Å². The van der Waals surface area contributed by atoms with Gasteiger partial charge in [0.05, 0.1) is 18.4 Å². The average molecular weight is 421 g/mol. The van der Waals surface area contributed by atoms with E-state index in [1.54, 1.807) is 11.0 Å². The topological polar surface area (TPSA) is 74.6 Å². The first-order chi connectivity index (χ1) is 15.0. The van der Waals surface area contributed by atoms with Crippen molar-refractivity contribution in [1.82, 2.24) is 9.91 Å². The molecule has 0 aromatic heterocycles. The minimum Gasteiger partial charge on any atom is -0.507 e. The molecule has 1 spiro atoms. The van der Waals surface area contributed by atoms with Crippen molar-refractivity contribution >= 4 is 11.8 Å².